The number of hydrogen-bond acceptors (Lipinski definition) is 3. The Kier molecular flexibility index (Phi) is 4.13. The van der Waals surface area contributed by atoms with Gasteiger partial charge in [0.1, 0.15) is 11.6 Å². The van der Waals surface area contributed by atoms with Crippen LogP contribution in [0.5, 0.6) is 0 Å². The van der Waals surface area contributed by atoms with E-state index >= 15 is 0 Å². The molecule has 0 radical (unpaired) electrons. The van der Waals surface area contributed by atoms with E-state index < -0.39 is 5.54 Å². The molecule has 2 rings (SSSR count). The molecule has 1 aliphatic heterocycles. The molecule has 2 fully saturated rings. The monoisotopic (exact) mass is 268 g/mol. The number of methoxy groups -OCH3 is 1. The molecular formula is C14H24N2O3. The number of piperazine rings is 1. The predicted octanol–water partition coefficient (Wildman–Crippen LogP) is 0.929. The Hall–Kier alpha value is -1.10. The Labute approximate surface area is 114 Å². The minimum Gasteiger partial charge on any atom is -0.385 e. The van der Waals surface area contributed by atoms with Crippen LogP contribution in [0.15, 0.2) is 0 Å². The Morgan fingerprint density at radius 3 is 2.63 bits per heavy atom. The maximum Gasteiger partial charge on any atom is 0.249 e. The molecule has 5 nitrogen and oxygen atoms in total. The topological polar surface area (TPSA) is 58.6 Å². The van der Waals surface area contributed by atoms with Crippen LogP contribution >= 0.6 is 0 Å². The average Bonchev–Trinajstić information content (AvgIpc) is 3.20. The van der Waals surface area contributed by atoms with Gasteiger partial charge >= 0.3 is 0 Å². The van der Waals surface area contributed by atoms with Crippen molar-refractivity contribution in [2.24, 2.45) is 5.92 Å². The summed E-state index contributed by atoms with van der Waals surface area (Å²) in [6.07, 6.45) is 3.49. The summed E-state index contributed by atoms with van der Waals surface area (Å²) >= 11 is 0. The second-order valence-corrected chi connectivity index (χ2v) is 5.73. The lowest BCUT2D eigenvalue weighted by Gasteiger charge is -2.44. The zero-order valence-electron chi connectivity index (χ0n) is 12.1. The third-order valence-electron chi connectivity index (χ3n) is 4.29. The molecule has 0 spiro atoms. The van der Waals surface area contributed by atoms with Gasteiger partial charge in [-0.1, -0.05) is 6.92 Å². The first-order valence-electron chi connectivity index (χ1n) is 7.16. The first kappa shape index (κ1) is 14.3. The van der Waals surface area contributed by atoms with E-state index in [-0.39, 0.29) is 17.9 Å². The Balaban J connectivity index is 2.14. The van der Waals surface area contributed by atoms with E-state index in [9.17, 15) is 9.59 Å². The lowest BCUT2D eigenvalue weighted by Crippen LogP contribution is -2.70. The van der Waals surface area contributed by atoms with Crippen molar-refractivity contribution in [2.75, 3.05) is 20.3 Å². The summed E-state index contributed by atoms with van der Waals surface area (Å²) < 4.78 is 5.04. The summed E-state index contributed by atoms with van der Waals surface area (Å²) in [4.78, 5) is 26.7. The lowest BCUT2D eigenvalue weighted by atomic mass is 9.88. The largest absolute Gasteiger partial charge is 0.385 e. The van der Waals surface area contributed by atoms with Crippen LogP contribution in [0, 0.1) is 5.92 Å². The molecule has 2 unspecified atom stereocenters. The molecule has 108 valence electrons. The number of carbonyl (C=O) groups excluding carboxylic acids is 2. The van der Waals surface area contributed by atoms with Crippen molar-refractivity contribution >= 4 is 11.8 Å². The Morgan fingerprint density at radius 1 is 1.42 bits per heavy atom. The maximum absolute atomic E-state index is 12.7. The van der Waals surface area contributed by atoms with Gasteiger partial charge in [0.15, 0.2) is 0 Å². The molecule has 1 heterocycles. The molecule has 2 atom stereocenters. The van der Waals surface area contributed by atoms with Crippen molar-refractivity contribution in [3.63, 3.8) is 0 Å². The number of amides is 2. The van der Waals surface area contributed by atoms with E-state index in [4.69, 9.17) is 4.74 Å². The number of ether oxygens (including phenoxy) is 1. The smallest absolute Gasteiger partial charge is 0.249 e. The molecule has 2 amide bonds. The SMILES string of the molecule is CCC1C(=O)NC(C)(C2CC2)C(=O)N1CCCOC. The first-order chi connectivity index (χ1) is 9.04. The van der Waals surface area contributed by atoms with Crippen molar-refractivity contribution in [1.29, 1.82) is 0 Å². The van der Waals surface area contributed by atoms with E-state index in [1.165, 1.54) is 0 Å². The lowest BCUT2D eigenvalue weighted by molar-refractivity contribution is -0.155. The fraction of sp³-hybridized carbons (Fsp3) is 0.857. The minimum atomic E-state index is -0.685. The van der Waals surface area contributed by atoms with E-state index in [0.29, 0.717) is 25.5 Å². The van der Waals surface area contributed by atoms with Crippen LogP contribution in [0.4, 0.5) is 0 Å². The van der Waals surface area contributed by atoms with Gasteiger partial charge in [0.05, 0.1) is 0 Å². The summed E-state index contributed by atoms with van der Waals surface area (Å²) in [5, 5.41) is 2.96. The van der Waals surface area contributed by atoms with Gasteiger partial charge in [0, 0.05) is 20.3 Å². The van der Waals surface area contributed by atoms with E-state index in [0.717, 1.165) is 19.3 Å². The average molecular weight is 268 g/mol. The molecule has 1 saturated heterocycles. The minimum absolute atomic E-state index is 0.00563. The van der Waals surface area contributed by atoms with E-state index in [1.807, 2.05) is 13.8 Å². The van der Waals surface area contributed by atoms with Crippen molar-refractivity contribution in [3.8, 4) is 0 Å². The summed E-state index contributed by atoms with van der Waals surface area (Å²) in [5.41, 5.74) is -0.685. The molecular weight excluding hydrogens is 244 g/mol. The standard InChI is InChI=1S/C14H24N2O3/c1-4-11-12(17)15-14(2,10-6-7-10)13(18)16(11)8-5-9-19-3/h10-11H,4-9H2,1-3H3,(H,15,17). The van der Waals surface area contributed by atoms with E-state index in [1.54, 1.807) is 12.0 Å². The first-order valence-corrected chi connectivity index (χ1v) is 7.16. The van der Waals surface area contributed by atoms with Crippen molar-refractivity contribution in [1.82, 2.24) is 10.2 Å². The van der Waals surface area contributed by atoms with Gasteiger partial charge < -0.3 is 15.0 Å². The van der Waals surface area contributed by atoms with Crippen molar-refractivity contribution < 1.29 is 14.3 Å². The Morgan fingerprint density at radius 2 is 2.11 bits per heavy atom. The fourth-order valence-corrected chi connectivity index (χ4v) is 2.95. The van der Waals surface area contributed by atoms with Crippen molar-refractivity contribution in [3.05, 3.63) is 0 Å². The Bertz CT molecular complexity index is 368. The van der Waals surface area contributed by atoms with Gasteiger partial charge in [-0.2, -0.15) is 0 Å². The summed E-state index contributed by atoms with van der Waals surface area (Å²) in [6, 6.07) is -0.323. The zero-order valence-corrected chi connectivity index (χ0v) is 12.1. The third-order valence-corrected chi connectivity index (χ3v) is 4.29. The number of nitrogens with one attached hydrogen (secondary N) is 1. The second-order valence-electron chi connectivity index (χ2n) is 5.73. The maximum atomic E-state index is 12.7. The number of carbonyl (C=O) groups is 2. The molecule has 2 aliphatic rings. The van der Waals surface area contributed by atoms with Crippen LogP contribution in [0.1, 0.15) is 39.5 Å². The van der Waals surface area contributed by atoms with Crippen LogP contribution in [-0.4, -0.2) is 48.6 Å². The predicted molar refractivity (Wildman–Crippen MR) is 71.6 cm³/mol. The summed E-state index contributed by atoms with van der Waals surface area (Å²) in [5.74, 6) is 0.387. The number of rotatable bonds is 6. The number of nitrogens with zero attached hydrogens (tertiary/aromatic N) is 1. The van der Waals surface area contributed by atoms with Gasteiger partial charge in [0.2, 0.25) is 11.8 Å². The fourth-order valence-electron chi connectivity index (χ4n) is 2.95. The van der Waals surface area contributed by atoms with Crippen LogP contribution in [0.25, 0.3) is 0 Å². The highest BCUT2D eigenvalue weighted by atomic mass is 16.5. The highest BCUT2D eigenvalue weighted by Gasteiger charge is 2.54. The highest BCUT2D eigenvalue weighted by Crippen LogP contribution is 2.42. The summed E-state index contributed by atoms with van der Waals surface area (Å²) in [7, 11) is 1.65. The molecule has 1 saturated carbocycles. The van der Waals surface area contributed by atoms with Gasteiger partial charge in [-0.15, -0.1) is 0 Å². The zero-order chi connectivity index (χ0) is 14.0. The van der Waals surface area contributed by atoms with Crippen LogP contribution in [0.2, 0.25) is 0 Å². The van der Waals surface area contributed by atoms with Gasteiger partial charge in [-0.3, -0.25) is 9.59 Å². The summed E-state index contributed by atoms with van der Waals surface area (Å²) in [6.45, 7) is 5.03. The van der Waals surface area contributed by atoms with Crippen molar-refractivity contribution in [2.45, 2.75) is 51.1 Å². The highest BCUT2D eigenvalue weighted by molar-refractivity contribution is 6.00. The second kappa shape index (κ2) is 5.49. The molecule has 0 bridgehead atoms. The molecule has 1 aliphatic carbocycles. The quantitative estimate of drug-likeness (QED) is 0.729. The molecule has 0 aromatic heterocycles. The third kappa shape index (κ3) is 2.61. The van der Waals surface area contributed by atoms with E-state index in [2.05, 4.69) is 5.32 Å². The van der Waals surface area contributed by atoms with Gasteiger partial charge in [0.25, 0.3) is 0 Å². The molecule has 5 heteroatoms. The molecule has 0 aromatic carbocycles. The number of hydrogen-bond donors (Lipinski definition) is 1. The normalized spacial score (nSPS) is 31.5. The van der Waals surface area contributed by atoms with Gasteiger partial charge in [-0.25, -0.2) is 0 Å². The van der Waals surface area contributed by atoms with Crippen LogP contribution < -0.4 is 5.32 Å². The molecule has 1 N–H and O–H groups in total. The van der Waals surface area contributed by atoms with Crippen LogP contribution in [0.3, 0.4) is 0 Å². The molecule has 0 aromatic rings. The molecule has 19 heavy (non-hydrogen) atoms. The van der Waals surface area contributed by atoms with Gasteiger partial charge in [-0.05, 0) is 38.5 Å². The van der Waals surface area contributed by atoms with Crippen LogP contribution in [-0.2, 0) is 14.3 Å².